The predicted molar refractivity (Wildman–Crippen MR) is 295 cm³/mol. The van der Waals surface area contributed by atoms with Crippen molar-refractivity contribution in [2.24, 2.45) is 5.92 Å². The second-order valence-corrected chi connectivity index (χ2v) is 23.4. The summed E-state index contributed by atoms with van der Waals surface area (Å²) < 4.78 is 36.2. The number of fused-ring (bicyclic) bond motifs is 5. The smallest absolute Gasteiger partial charge is 0.319 e. The van der Waals surface area contributed by atoms with E-state index in [4.69, 9.17) is 28.9 Å². The number of rotatable bonds is 16. The maximum Gasteiger partial charge on any atom is 0.319 e. The van der Waals surface area contributed by atoms with Crippen molar-refractivity contribution in [1.82, 2.24) is 45.5 Å². The van der Waals surface area contributed by atoms with Crippen LogP contribution in [0.25, 0.3) is 43.4 Å². The number of pyridine rings is 1. The van der Waals surface area contributed by atoms with Gasteiger partial charge in [0, 0.05) is 62.0 Å². The molecule has 2 bridgehead atoms. The number of nitrogens with one attached hydrogen (secondary N) is 2. The lowest BCUT2D eigenvalue weighted by molar-refractivity contribution is -0.141. The third-order valence-electron chi connectivity index (χ3n) is 17.2. The molecular formula is C59H67FN10O7S. The van der Waals surface area contributed by atoms with Crippen LogP contribution in [-0.4, -0.2) is 132 Å². The number of aliphatic hydroxyl groups excluding tert-OH is 1. The van der Waals surface area contributed by atoms with E-state index < -0.39 is 23.9 Å². The Balaban J connectivity index is 0.731. The molecule has 5 aliphatic rings. The standard InChI is InChI=1S/C59H67FN10O7S/c1-6-35-9-7-10-38-21-42(71)22-44(50(35)38)52-51(60)53-45(25-61-52)55(68-26-39-15-16-40(27-68)64-39)66-58(65-53)76-30-59-18-8-20-70(59)41(17-19-59)29-75-48-24-47(77-67-48)49(32(2)3)57(74)69-28-43(72)23-46(69)56(73)63-33(4)36-11-13-37(14-12-36)54-34(5)62-31-78-54/h7,9-14,21-22,24-25,31-33,39-41,43,46,49,64,71-72H,6,8,15-20,23,26-30H2,1-5H3,(H,63,73)/t33-,39?,40?,41+,43+,46-,49+,59+/m0/s1. The van der Waals surface area contributed by atoms with E-state index in [0.717, 1.165) is 103 Å². The highest BCUT2D eigenvalue weighted by molar-refractivity contribution is 7.13. The number of carbonyl (C=O) groups excluding carboxylic acids is 2. The summed E-state index contributed by atoms with van der Waals surface area (Å²) in [5.74, 6) is -1.04. The largest absolute Gasteiger partial charge is 0.508 e. The molecule has 2 unspecified atom stereocenters. The number of hydrogen-bond donors (Lipinski definition) is 4. The Labute approximate surface area is 456 Å². The van der Waals surface area contributed by atoms with Crippen LogP contribution in [0.1, 0.15) is 107 Å². The zero-order valence-corrected chi connectivity index (χ0v) is 45.6. The van der Waals surface area contributed by atoms with Crippen LogP contribution in [0.4, 0.5) is 10.2 Å². The van der Waals surface area contributed by atoms with Crippen LogP contribution in [0.5, 0.6) is 17.6 Å². The third-order valence-corrected chi connectivity index (χ3v) is 18.1. The Morgan fingerprint density at radius 2 is 1.81 bits per heavy atom. The molecule has 2 amide bonds. The summed E-state index contributed by atoms with van der Waals surface area (Å²) >= 11 is 1.58. The second kappa shape index (κ2) is 21.1. The van der Waals surface area contributed by atoms with Gasteiger partial charge in [-0.05, 0) is 116 Å². The fraction of sp³-hybridized carbons (Fsp3) is 0.475. The van der Waals surface area contributed by atoms with Gasteiger partial charge in [0.2, 0.25) is 11.8 Å². The minimum Gasteiger partial charge on any atom is -0.508 e. The maximum absolute atomic E-state index is 17.4. The summed E-state index contributed by atoms with van der Waals surface area (Å²) in [5.41, 5.74) is 6.21. The molecule has 0 saturated carbocycles. The molecule has 17 nitrogen and oxygen atoms in total. The Bertz CT molecular complexity index is 3380. The molecule has 5 fully saturated rings. The third kappa shape index (κ3) is 9.70. The van der Waals surface area contributed by atoms with Crippen LogP contribution >= 0.6 is 11.3 Å². The first-order chi connectivity index (χ1) is 37.7. The zero-order chi connectivity index (χ0) is 54.0. The van der Waals surface area contributed by atoms with E-state index in [0.29, 0.717) is 47.8 Å². The lowest BCUT2D eigenvalue weighted by Crippen LogP contribution is -2.51. The summed E-state index contributed by atoms with van der Waals surface area (Å²) in [6, 6.07) is 18.4. The van der Waals surface area contributed by atoms with Gasteiger partial charge in [-0.25, -0.2) is 9.37 Å². The molecule has 4 N–H and O–H groups in total. The van der Waals surface area contributed by atoms with E-state index in [1.54, 1.807) is 35.7 Å². The number of aryl methyl sites for hydroxylation is 2. The van der Waals surface area contributed by atoms with Crippen molar-refractivity contribution in [3.05, 3.63) is 101 Å². The summed E-state index contributed by atoms with van der Waals surface area (Å²) in [6.45, 7) is 12.7. The van der Waals surface area contributed by atoms with Crippen LogP contribution in [-0.2, 0) is 16.0 Å². The van der Waals surface area contributed by atoms with E-state index in [2.05, 4.69) is 37.5 Å². The van der Waals surface area contributed by atoms with Gasteiger partial charge in [0.25, 0.3) is 5.88 Å². The molecule has 78 heavy (non-hydrogen) atoms. The Morgan fingerprint density at radius 1 is 1.00 bits per heavy atom. The number of nitrogens with zero attached hydrogens (tertiary/aromatic N) is 8. The SMILES string of the molecule is CCc1cccc2cc(O)cc(-c3ncc4c(N5CC6CCC(C5)N6)nc(OC[C@]56CCCN5[C@@H](COc5cc([C@H](C(=O)N7C[C@H](O)C[C@H]7C(=O)N[C@@H](C)c7ccc(-c8scnc8C)cc7)C(C)C)on5)CC6)nc4c3F)c12. The van der Waals surface area contributed by atoms with Gasteiger partial charge in [0.05, 0.1) is 39.2 Å². The molecule has 0 spiro atoms. The molecule has 19 heteroatoms. The van der Waals surface area contributed by atoms with Crippen molar-refractivity contribution in [3.63, 3.8) is 0 Å². The highest BCUT2D eigenvalue weighted by Gasteiger charge is 2.50. The van der Waals surface area contributed by atoms with E-state index in [1.807, 2.05) is 75.7 Å². The van der Waals surface area contributed by atoms with Gasteiger partial charge in [-0.3, -0.25) is 19.5 Å². The second-order valence-electron chi connectivity index (χ2n) is 22.5. The molecular weight excluding hydrogens is 1010 g/mol. The van der Waals surface area contributed by atoms with Crippen LogP contribution in [0.2, 0.25) is 0 Å². The molecule has 5 saturated heterocycles. The molecule has 8 atom stereocenters. The maximum atomic E-state index is 17.4. The number of carbonyl (C=O) groups is 2. The van der Waals surface area contributed by atoms with E-state index in [-0.39, 0.29) is 77.2 Å². The number of thiazole rings is 1. The molecule has 3 aromatic carbocycles. The first-order valence-electron chi connectivity index (χ1n) is 27.6. The van der Waals surface area contributed by atoms with Crippen molar-refractivity contribution in [1.29, 1.82) is 0 Å². The van der Waals surface area contributed by atoms with Gasteiger partial charge in [-0.1, -0.05) is 63.2 Å². The lowest BCUT2D eigenvalue weighted by atomic mass is 9.91. The highest BCUT2D eigenvalue weighted by atomic mass is 32.1. The number of aromatic hydroxyl groups is 1. The van der Waals surface area contributed by atoms with Crippen molar-refractivity contribution < 1.29 is 38.2 Å². The summed E-state index contributed by atoms with van der Waals surface area (Å²) in [6.07, 6.45) is 7.32. The number of anilines is 1. The Morgan fingerprint density at radius 3 is 2.56 bits per heavy atom. The van der Waals surface area contributed by atoms with Crippen molar-refractivity contribution in [2.75, 3.05) is 44.3 Å². The number of benzene rings is 3. The minimum atomic E-state index is -0.865. The first-order valence-corrected chi connectivity index (χ1v) is 28.5. The van der Waals surface area contributed by atoms with Crippen molar-refractivity contribution in [2.45, 2.75) is 134 Å². The summed E-state index contributed by atoms with van der Waals surface area (Å²) in [5, 5.41) is 34.9. The average Bonchev–Trinajstić information content (AvgIpc) is 4.42. The number of β-amino-alcohol motifs (C(OH)–C–C–N with tert-alkyl or cyclic N) is 1. The number of phenols is 1. The van der Waals surface area contributed by atoms with Gasteiger partial charge < -0.3 is 44.6 Å². The van der Waals surface area contributed by atoms with E-state index in [1.165, 1.54) is 4.90 Å². The zero-order valence-electron chi connectivity index (χ0n) is 44.7. The summed E-state index contributed by atoms with van der Waals surface area (Å²) in [4.78, 5) is 54.6. The molecule has 0 aliphatic carbocycles. The quantitative estimate of drug-likeness (QED) is 0.0715. The topological polar surface area (TPSA) is 204 Å². The van der Waals surface area contributed by atoms with E-state index in [9.17, 15) is 19.8 Å². The lowest BCUT2D eigenvalue weighted by Gasteiger charge is -2.35. The van der Waals surface area contributed by atoms with Gasteiger partial charge in [0.15, 0.2) is 11.6 Å². The van der Waals surface area contributed by atoms with Crippen LogP contribution in [0.15, 0.2) is 76.9 Å². The summed E-state index contributed by atoms with van der Waals surface area (Å²) in [7, 11) is 0. The van der Waals surface area contributed by atoms with Crippen LogP contribution < -0.4 is 25.0 Å². The average molecular weight is 1080 g/mol. The van der Waals surface area contributed by atoms with Gasteiger partial charge in [-0.15, -0.1) is 11.3 Å². The predicted octanol–water partition coefficient (Wildman–Crippen LogP) is 8.65. The minimum absolute atomic E-state index is 0.0240. The molecule has 7 aromatic rings. The monoisotopic (exact) mass is 1080 g/mol. The first kappa shape index (κ1) is 51.9. The molecule has 408 valence electrons. The van der Waals surface area contributed by atoms with Gasteiger partial charge >= 0.3 is 6.01 Å². The van der Waals surface area contributed by atoms with Gasteiger partial charge in [-0.2, -0.15) is 9.97 Å². The Kier molecular flexibility index (Phi) is 14.1. The normalized spacial score (nSPS) is 23.9. The van der Waals surface area contributed by atoms with E-state index >= 15 is 4.39 Å². The number of amides is 2. The van der Waals surface area contributed by atoms with Crippen molar-refractivity contribution >= 4 is 50.6 Å². The molecule has 5 aliphatic heterocycles. The Hall–Kier alpha value is -6.80. The molecule has 4 aromatic heterocycles. The van der Waals surface area contributed by atoms with Crippen LogP contribution in [0, 0.1) is 18.7 Å². The molecule has 0 radical (unpaired) electrons. The molecule has 12 rings (SSSR count). The number of halogens is 1. The number of aliphatic hydroxyl groups is 1. The molecule has 9 heterocycles. The van der Waals surface area contributed by atoms with Gasteiger partial charge in [0.1, 0.15) is 48.0 Å². The van der Waals surface area contributed by atoms with Crippen molar-refractivity contribution in [3.8, 4) is 39.3 Å². The van der Waals surface area contributed by atoms with Crippen LogP contribution in [0.3, 0.4) is 0 Å². The number of hydrogen-bond acceptors (Lipinski definition) is 16. The fourth-order valence-electron chi connectivity index (χ4n) is 13.2. The highest BCUT2D eigenvalue weighted by Crippen LogP contribution is 2.44. The number of likely N-dealkylation sites (tertiary alicyclic amines) is 1. The number of aromatic nitrogens is 5. The fourth-order valence-corrected chi connectivity index (χ4v) is 14.0. The number of phenolic OH excluding ortho intramolecular Hbond substituents is 1. The number of ether oxygens (including phenoxy) is 2. The number of piperazine rings is 1.